The van der Waals surface area contributed by atoms with Gasteiger partial charge in [-0.25, -0.2) is 4.39 Å². The van der Waals surface area contributed by atoms with Crippen LogP contribution >= 0.6 is 11.6 Å². The van der Waals surface area contributed by atoms with E-state index in [-0.39, 0.29) is 35.5 Å². The summed E-state index contributed by atoms with van der Waals surface area (Å²) < 4.78 is 19.5. The summed E-state index contributed by atoms with van der Waals surface area (Å²) in [5.74, 6) is -0.308. The van der Waals surface area contributed by atoms with E-state index in [4.69, 9.17) is 16.1 Å². The normalized spacial score (nSPS) is 17.3. The fraction of sp³-hybridized carbons (Fsp3) is 0.176. The molecule has 1 aromatic carbocycles. The average Bonchev–Trinajstić information content (AvgIpc) is 3.25. The van der Waals surface area contributed by atoms with E-state index in [1.807, 2.05) is 0 Å². The quantitative estimate of drug-likeness (QED) is 0.717. The van der Waals surface area contributed by atoms with Crippen LogP contribution in [0.4, 0.5) is 10.1 Å². The second-order valence-corrected chi connectivity index (χ2v) is 6.08. The molecule has 3 heterocycles. The van der Waals surface area contributed by atoms with E-state index >= 15 is 0 Å². The molecule has 0 spiro atoms. The standard InChI is InChI=1S/C17H12ClFN4O2/c18-12-2-1-3-13(15(12)19)23-9-11(8-14(23)24)16-21-17(25-22-16)10-4-6-20-7-5-10/h1-7,11H,8-9H2. The van der Waals surface area contributed by atoms with Crippen LogP contribution in [0.3, 0.4) is 0 Å². The van der Waals surface area contributed by atoms with Crippen LogP contribution in [0.25, 0.3) is 11.5 Å². The maximum absolute atomic E-state index is 14.2. The third-order valence-electron chi connectivity index (χ3n) is 4.08. The van der Waals surface area contributed by atoms with Gasteiger partial charge in [-0.3, -0.25) is 9.78 Å². The molecule has 126 valence electrons. The minimum Gasteiger partial charge on any atom is -0.334 e. The summed E-state index contributed by atoms with van der Waals surface area (Å²) in [6, 6.07) is 8.09. The third-order valence-corrected chi connectivity index (χ3v) is 4.37. The van der Waals surface area contributed by atoms with Gasteiger partial charge in [0.15, 0.2) is 11.6 Å². The molecular formula is C17H12ClFN4O2. The van der Waals surface area contributed by atoms with Crippen LogP contribution in [-0.2, 0) is 4.79 Å². The van der Waals surface area contributed by atoms with Crippen LogP contribution in [0.1, 0.15) is 18.2 Å². The maximum Gasteiger partial charge on any atom is 0.258 e. The van der Waals surface area contributed by atoms with Crippen molar-refractivity contribution >= 4 is 23.2 Å². The number of pyridine rings is 1. The molecule has 1 saturated heterocycles. The van der Waals surface area contributed by atoms with E-state index in [1.165, 1.54) is 17.0 Å². The van der Waals surface area contributed by atoms with Gasteiger partial charge >= 0.3 is 0 Å². The number of hydrogen-bond donors (Lipinski definition) is 0. The van der Waals surface area contributed by atoms with E-state index < -0.39 is 5.82 Å². The summed E-state index contributed by atoms with van der Waals surface area (Å²) in [6.45, 7) is 0.269. The molecule has 1 aliphatic rings. The molecule has 4 rings (SSSR count). The summed E-state index contributed by atoms with van der Waals surface area (Å²) in [6.07, 6.45) is 3.44. The lowest BCUT2D eigenvalue weighted by Crippen LogP contribution is -2.25. The van der Waals surface area contributed by atoms with Crippen molar-refractivity contribution < 1.29 is 13.7 Å². The van der Waals surface area contributed by atoms with Gasteiger partial charge in [-0.05, 0) is 24.3 Å². The van der Waals surface area contributed by atoms with E-state index in [0.29, 0.717) is 11.7 Å². The van der Waals surface area contributed by atoms with E-state index in [9.17, 15) is 9.18 Å². The fourth-order valence-electron chi connectivity index (χ4n) is 2.83. The Hall–Kier alpha value is -2.80. The smallest absolute Gasteiger partial charge is 0.258 e. The molecule has 3 aromatic rings. The van der Waals surface area contributed by atoms with Gasteiger partial charge in [0.25, 0.3) is 5.89 Å². The number of aromatic nitrogens is 3. The number of benzene rings is 1. The Bertz CT molecular complexity index is 931. The van der Waals surface area contributed by atoms with Gasteiger partial charge in [-0.15, -0.1) is 0 Å². The number of halogens is 2. The van der Waals surface area contributed by atoms with E-state index in [1.54, 1.807) is 30.6 Å². The lowest BCUT2D eigenvalue weighted by Gasteiger charge is -2.17. The van der Waals surface area contributed by atoms with Crippen molar-refractivity contribution in [3.8, 4) is 11.5 Å². The minimum atomic E-state index is -0.608. The molecule has 0 N–H and O–H groups in total. The molecule has 1 aliphatic heterocycles. The first kappa shape index (κ1) is 15.7. The highest BCUT2D eigenvalue weighted by atomic mass is 35.5. The van der Waals surface area contributed by atoms with Gasteiger partial charge in [0.05, 0.1) is 10.7 Å². The summed E-state index contributed by atoms with van der Waals surface area (Å²) in [4.78, 5) is 22.0. The molecule has 1 fully saturated rings. The van der Waals surface area contributed by atoms with Crippen LogP contribution < -0.4 is 4.90 Å². The molecular weight excluding hydrogens is 347 g/mol. The molecule has 6 nitrogen and oxygen atoms in total. The highest BCUT2D eigenvalue weighted by Gasteiger charge is 2.36. The SMILES string of the molecule is O=C1CC(c2noc(-c3ccncc3)n2)CN1c1cccc(Cl)c1F. The first-order valence-corrected chi connectivity index (χ1v) is 7.99. The van der Waals surface area contributed by atoms with E-state index in [0.717, 1.165) is 5.56 Å². The van der Waals surface area contributed by atoms with Crippen LogP contribution in [0.15, 0.2) is 47.2 Å². The molecule has 25 heavy (non-hydrogen) atoms. The van der Waals surface area contributed by atoms with Crippen LogP contribution in [-0.4, -0.2) is 27.6 Å². The summed E-state index contributed by atoms with van der Waals surface area (Å²) >= 11 is 5.81. The van der Waals surface area contributed by atoms with Crippen LogP contribution in [0, 0.1) is 5.82 Å². The summed E-state index contributed by atoms with van der Waals surface area (Å²) in [7, 11) is 0. The number of carbonyl (C=O) groups excluding carboxylic acids is 1. The highest BCUT2D eigenvalue weighted by Crippen LogP contribution is 2.34. The predicted octanol–water partition coefficient (Wildman–Crippen LogP) is 3.44. The first-order chi connectivity index (χ1) is 12.1. The second-order valence-electron chi connectivity index (χ2n) is 5.67. The van der Waals surface area contributed by atoms with Crippen molar-refractivity contribution in [2.75, 3.05) is 11.4 Å². The number of hydrogen-bond acceptors (Lipinski definition) is 5. The zero-order chi connectivity index (χ0) is 17.4. The van der Waals surface area contributed by atoms with Gasteiger partial charge in [0.1, 0.15) is 0 Å². The number of carbonyl (C=O) groups is 1. The monoisotopic (exact) mass is 358 g/mol. The largest absolute Gasteiger partial charge is 0.334 e. The summed E-state index contributed by atoms with van der Waals surface area (Å²) in [5, 5.41) is 3.95. The predicted molar refractivity (Wildman–Crippen MR) is 88.7 cm³/mol. The molecule has 0 radical (unpaired) electrons. The first-order valence-electron chi connectivity index (χ1n) is 7.62. The Labute approximate surface area is 147 Å². The van der Waals surface area contributed by atoms with Gasteiger partial charge in [-0.1, -0.05) is 22.8 Å². The fourth-order valence-corrected chi connectivity index (χ4v) is 3.00. The molecule has 2 aromatic heterocycles. The average molecular weight is 359 g/mol. The molecule has 0 saturated carbocycles. The van der Waals surface area contributed by atoms with Crippen molar-refractivity contribution in [2.24, 2.45) is 0 Å². The van der Waals surface area contributed by atoms with Crippen molar-refractivity contribution in [1.29, 1.82) is 0 Å². The lowest BCUT2D eigenvalue weighted by molar-refractivity contribution is -0.117. The highest BCUT2D eigenvalue weighted by molar-refractivity contribution is 6.31. The van der Waals surface area contributed by atoms with Crippen LogP contribution in [0.2, 0.25) is 5.02 Å². The summed E-state index contributed by atoms with van der Waals surface area (Å²) in [5.41, 5.74) is 0.911. The van der Waals surface area contributed by atoms with Crippen molar-refractivity contribution in [2.45, 2.75) is 12.3 Å². The van der Waals surface area contributed by atoms with Crippen molar-refractivity contribution in [3.05, 3.63) is 59.4 Å². The Balaban J connectivity index is 1.59. The van der Waals surface area contributed by atoms with Crippen molar-refractivity contribution in [3.63, 3.8) is 0 Å². The molecule has 8 heteroatoms. The molecule has 1 amide bonds. The second kappa shape index (κ2) is 6.25. The molecule has 0 bridgehead atoms. The van der Waals surface area contributed by atoms with Gasteiger partial charge in [0, 0.05) is 36.8 Å². The van der Waals surface area contributed by atoms with Gasteiger partial charge in [0.2, 0.25) is 5.91 Å². The number of amides is 1. The Kier molecular flexibility index (Phi) is 3.93. The van der Waals surface area contributed by atoms with Crippen molar-refractivity contribution in [1.82, 2.24) is 15.1 Å². The Morgan fingerprint density at radius 1 is 1.24 bits per heavy atom. The maximum atomic E-state index is 14.2. The Morgan fingerprint density at radius 2 is 2.04 bits per heavy atom. The van der Waals surface area contributed by atoms with E-state index in [2.05, 4.69) is 15.1 Å². The molecule has 0 aliphatic carbocycles. The number of nitrogens with zero attached hydrogens (tertiary/aromatic N) is 4. The minimum absolute atomic E-state index is 0.0201. The topological polar surface area (TPSA) is 72.1 Å². The molecule has 1 atom stereocenters. The van der Waals surface area contributed by atoms with Crippen LogP contribution in [0.5, 0.6) is 0 Å². The Morgan fingerprint density at radius 3 is 2.84 bits per heavy atom. The molecule has 1 unspecified atom stereocenters. The zero-order valence-corrected chi connectivity index (χ0v) is 13.7. The third kappa shape index (κ3) is 2.87. The number of rotatable bonds is 3. The number of anilines is 1. The van der Waals surface area contributed by atoms with Gasteiger partial charge in [-0.2, -0.15) is 4.98 Å². The van der Waals surface area contributed by atoms with Gasteiger partial charge < -0.3 is 9.42 Å². The zero-order valence-electron chi connectivity index (χ0n) is 12.9. The lowest BCUT2D eigenvalue weighted by atomic mass is 10.1.